The van der Waals surface area contributed by atoms with Gasteiger partial charge in [0, 0.05) is 5.56 Å². The highest BCUT2D eigenvalue weighted by Gasteiger charge is 2.44. The van der Waals surface area contributed by atoms with Gasteiger partial charge in [0.2, 0.25) is 0 Å². The van der Waals surface area contributed by atoms with Gasteiger partial charge in [0.05, 0.1) is 5.60 Å². The van der Waals surface area contributed by atoms with Crippen molar-refractivity contribution in [3.05, 3.63) is 35.4 Å². The van der Waals surface area contributed by atoms with Crippen molar-refractivity contribution in [3.8, 4) is 0 Å². The van der Waals surface area contributed by atoms with E-state index in [0.717, 1.165) is 12.5 Å². The zero-order valence-electron chi connectivity index (χ0n) is 11.1. The Bertz CT molecular complexity index is 456. The molecule has 1 nitrogen and oxygen atoms in total. The summed E-state index contributed by atoms with van der Waals surface area (Å²) < 4.78 is 27.2. The lowest BCUT2D eigenvalue weighted by Gasteiger charge is -2.45. The third kappa shape index (κ3) is 2.41. The van der Waals surface area contributed by atoms with Crippen LogP contribution in [0.4, 0.5) is 8.78 Å². The Labute approximate surface area is 107 Å². The zero-order valence-corrected chi connectivity index (χ0v) is 11.1. The molecule has 1 N–H and O–H groups in total. The number of hydrogen-bond acceptors (Lipinski definition) is 1. The molecular formula is C15H20F2O. The Morgan fingerprint density at radius 3 is 2.50 bits per heavy atom. The molecule has 0 aromatic heterocycles. The lowest BCUT2D eigenvalue weighted by atomic mass is 9.64. The van der Waals surface area contributed by atoms with Crippen LogP contribution in [-0.4, -0.2) is 5.11 Å². The molecule has 0 spiro atoms. The Morgan fingerprint density at radius 2 is 1.89 bits per heavy atom. The molecule has 100 valence electrons. The van der Waals surface area contributed by atoms with E-state index < -0.39 is 17.2 Å². The molecule has 2 rings (SSSR count). The first-order valence-corrected chi connectivity index (χ1v) is 6.40. The van der Waals surface area contributed by atoms with Crippen LogP contribution in [0.15, 0.2) is 18.2 Å². The van der Waals surface area contributed by atoms with Crippen molar-refractivity contribution in [2.45, 2.75) is 45.6 Å². The van der Waals surface area contributed by atoms with E-state index in [9.17, 15) is 13.9 Å². The second kappa shape index (κ2) is 4.30. The van der Waals surface area contributed by atoms with Crippen molar-refractivity contribution >= 4 is 0 Å². The van der Waals surface area contributed by atoms with Gasteiger partial charge in [-0.25, -0.2) is 8.78 Å². The smallest absolute Gasteiger partial charge is 0.164 e. The standard InChI is InChI=1S/C15H20F2O/c1-10-7-14(2,3)9-15(18,8-10)11-5-4-6-12(16)13(11)17/h4-6,10,18H,7-9H2,1-3H3. The average Bonchev–Trinajstić information content (AvgIpc) is 2.18. The van der Waals surface area contributed by atoms with Gasteiger partial charge >= 0.3 is 0 Å². The van der Waals surface area contributed by atoms with Gasteiger partial charge < -0.3 is 5.11 Å². The van der Waals surface area contributed by atoms with E-state index in [4.69, 9.17) is 0 Å². The minimum absolute atomic E-state index is 0.0643. The largest absolute Gasteiger partial charge is 0.385 e. The topological polar surface area (TPSA) is 20.2 Å². The van der Waals surface area contributed by atoms with Gasteiger partial charge in [-0.3, -0.25) is 0 Å². The Balaban J connectivity index is 2.44. The van der Waals surface area contributed by atoms with Gasteiger partial charge in [-0.2, -0.15) is 0 Å². The fourth-order valence-electron chi connectivity index (χ4n) is 3.60. The molecule has 0 saturated heterocycles. The minimum atomic E-state index is -1.26. The third-order valence-corrected chi connectivity index (χ3v) is 3.81. The van der Waals surface area contributed by atoms with Crippen LogP contribution in [0.5, 0.6) is 0 Å². The van der Waals surface area contributed by atoms with Crippen molar-refractivity contribution in [1.82, 2.24) is 0 Å². The zero-order chi connectivity index (χ0) is 13.6. The van der Waals surface area contributed by atoms with Gasteiger partial charge in [-0.1, -0.05) is 32.9 Å². The predicted molar refractivity (Wildman–Crippen MR) is 67.1 cm³/mol. The summed E-state index contributed by atoms with van der Waals surface area (Å²) in [6, 6.07) is 4.03. The maximum absolute atomic E-state index is 13.9. The molecule has 18 heavy (non-hydrogen) atoms. The first-order valence-electron chi connectivity index (χ1n) is 6.40. The second-order valence-corrected chi connectivity index (χ2v) is 6.49. The summed E-state index contributed by atoms with van der Waals surface area (Å²) in [5.41, 5.74) is -1.22. The van der Waals surface area contributed by atoms with Crippen LogP contribution in [0.3, 0.4) is 0 Å². The first kappa shape index (κ1) is 13.5. The maximum Gasteiger partial charge on any atom is 0.164 e. The number of benzene rings is 1. The van der Waals surface area contributed by atoms with E-state index in [1.54, 1.807) is 0 Å². The van der Waals surface area contributed by atoms with E-state index >= 15 is 0 Å². The average molecular weight is 254 g/mol. The van der Waals surface area contributed by atoms with Gasteiger partial charge in [-0.05, 0) is 36.7 Å². The molecular weight excluding hydrogens is 234 g/mol. The molecule has 0 amide bonds. The Hall–Kier alpha value is -0.960. The van der Waals surface area contributed by atoms with Crippen LogP contribution in [-0.2, 0) is 5.60 Å². The Kier molecular flexibility index (Phi) is 3.22. The highest BCUT2D eigenvalue weighted by Crippen LogP contribution is 2.49. The van der Waals surface area contributed by atoms with Crippen LogP contribution < -0.4 is 0 Å². The number of rotatable bonds is 1. The van der Waals surface area contributed by atoms with Crippen LogP contribution in [0, 0.1) is 23.0 Å². The summed E-state index contributed by atoms with van der Waals surface area (Å²) in [6.45, 7) is 6.17. The molecule has 0 bridgehead atoms. The van der Waals surface area contributed by atoms with E-state index in [-0.39, 0.29) is 11.0 Å². The van der Waals surface area contributed by atoms with Crippen molar-refractivity contribution in [2.24, 2.45) is 11.3 Å². The molecule has 1 saturated carbocycles. The molecule has 1 aromatic carbocycles. The molecule has 1 aliphatic carbocycles. The lowest BCUT2D eigenvalue weighted by molar-refractivity contribution is -0.0660. The molecule has 0 heterocycles. The van der Waals surface area contributed by atoms with Gasteiger partial charge in [0.25, 0.3) is 0 Å². The number of halogens is 2. The SMILES string of the molecule is CC1CC(C)(C)CC(O)(c2cccc(F)c2F)C1. The fourth-order valence-corrected chi connectivity index (χ4v) is 3.60. The van der Waals surface area contributed by atoms with Gasteiger partial charge in [0.1, 0.15) is 0 Å². The van der Waals surface area contributed by atoms with E-state index in [0.29, 0.717) is 18.8 Å². The summed E-state index contributed by atoms with van der Waals surface area (Å²) in [5.74, 6) is -1.51. The summed E-state index contributed by atoms with van der Waals surface area (Å²) in [5, 5.41) is 10.7. The molecule has 1 fully saturated rings. The van der Waals surface area contributed by atoms with Gasteiger partial charge in [0.15, 0.2) is 11.6 Å². The quantitative estimate of drug-likeness (QED) is 0.803. The van der Waals surface area contributed by atoms with Gasteiger partial charge in [-0.15, -0.1) is 0 Å². The molecule has 3 heteroatoms. The van der Waals surface area contributed by atoms with Crippen molar-refractivity contribution in [3.63, 3.8) is 0 Å². The summed E-state index contributed by atoms with van der Waals surface area (Å²) in [7, 11) is 0. The molecule has 1 aliphatic rings. The summed E-state index contributed by atoms with van der Waals surface area (Å²) in [4.78, 5) is 0. The number of hydrogen-bond donors (Lipinski definition) is 1. The second-order valence-electron chi connectivity index (χ2n) is 6.49. The van der Waals surface area contributed by atoms with Crippen molar-refractivity contribution < 1.29 is 13.9 Å². The monoisotopic (exact) mass is 254 g/mol. The van der Waals surface area contributed by atoms with Crippen LogP contribution in [0.2, 0.25) is 0 Å². The van der Waals surface area contributed by atoms with E-state index in [1.165, 1.54) is 12.1 Å². The molecule has 0 radical (unpaired) electrons. The summed E-state index contributed by atoms with van der Waals surface area (Å²) >= 11 is 0. The third-order valence-electron chi connectivity index (χ3n) is 3.81. The molecule has 2 atom stereocenters. The maximum atomic E-state index is 13.9. The summed E-state index contributed by atoms with van der Waals surface area (Å²) in [6.07, 6.45) is 1.94. The normalized spacial score (nSPS) is 31.3. The lowest BCUT2D eigenvalue weighted by Crippen LogP contribution is -2.40. The van der Waals surface area contributed by atoms with E-state index in [1.807, 2.05) is 6.92 Å². The molecule has 0 aliphatic heterocycles. The van der Waals surface area contributed by atoms with Crippen LogP contribution >= 0.6 is 0 Å². The highest BCUT2D eigenvalue weighted by molar-refractivity contribution is 5.26. The van der Waals surface area contributed by atoms with E-state index in [2.05, 4.69) is 13.8 Å². The highest BCUT2D eigenvalue weighted by atomic mass is 19.2. The van der Waals surface area contributed by atoms with Crippen molar-refractivity contribution in [2.75, 3.05) is 0 Å². The predicted octanol–water partition coefficient (Wildman–Crippen LogP) is 4.00. The fraction of sp³-hybridized carbons (Fsp3) is 0.600. The minimum Gasteiger partial charge on any atom is -0.385 e. The van der Waals surface area contributed by atoms with Crippen LogP contribution in [0.25, 0.3) is 0 Å². The number of aliphatic hydroxyl groups is 1. The van der Waals surface area contributed by atoms with Crippen LogP contribution in [0.1, 0.15) is 45.6 Å². The molecule has 1 aromatic rings. The van der Waals surface area contributed by atoms with Crippen molar-refractivity contribution in [1.29, 1.82) is 0 Å². The Morgan fingerprint density at radius 1 is 1.22 bits per heavy atom. The first-order chi connectivity index (χ1) is 8.23. The molecule has 2 unspecified atom stereocenters.